The Morgan fingerprint density at radius 1 is 1.27 bits per heavy atom. The molecule has 0 aromatic carbocycles. The predicted octanol–water partition coefficient (Wildman–Crippen LogP) is 1.81. The summed E-state index contributed by atoms with van der Waals surface area (Å²) in [5, 5.41) is 3.01. The van der Waals surface area contributed by atoms with E-state index in [1.807, 2.05) is 0 Å². The highest BCUT2D eigenvalue weighted by molar-refractivity contribution is 5.71. The molecule has 1 unspecified atom stereocenters. The minimum Gasteiger partial charge on any atom is -0.459 e. The maximum absolute atomic E-state index is 12.4. The van der Waals surface area contributed by atoms with Crippen molar-refractivity contribution in [3.8, 4) is 0 Å². The highest BCUT2D eigenvalue weighted by Crippen LogP contribution is 2.59. The number of nitrogens with one attached hydrogen (secondary N) is 1. The van der Waals surface area contributed by atoms with Crippen LogP contribution in [0.3, 0.4) is 0 Å². The van der Waals surface area contributed by atoms with Gasteiger partial charge in [0.15, 0.2) is 6.29 Å². The minimum absolute atomic E-state index is 0.0245. The first-order valence-electron chi connectivity index (χ1n) is 10.7. The average molecular weight is 428 g/mol. The zero-order valence-electron chi connectivity index (χ0n) is 19.1. The van der Waals surface area contributed by atoms with Crippen molar-refractivity contribution in [3.63, 3.8) is 0 Å². The van der Waals surface area contributed by atoms with Gasteiger partial charge < -0.3 is 33.7 Å². The van der Waals surface area contributed by atoms with Crippen LogP contribution < -0.4 is 5.32 Å². The second-order valence-corrected chi connectivity index (χ2v) is 8.94. The summed E-state index contributed by atoms with van der Waals surface area (Å²) in [5.41, 5.74) is 0.720. The number of allylic oxidation sites excluding steroid dienone is 1. The van der Waals surface area contributed by atoms with E-state index < -0.39 is 6.29 Å². The fourth-order valence-electron chi connectivity index (χ4n) is 4.84. The fourth-order valence-corrected chi connectivity index (χ4v) is 4.84. The van der Waals surface area contributed by atoms with E-state index in [1.54, 1.807) is 21.3 Å². The van der Waals surface area contributed by atoms with Crippen molar-refractivity contribution in [1.29, 1.82) is 0 Å². The van der Waals surface area contributed by atoms with E-state index in [9.17, 15) is 4.79 Å². The summed E-state index contributed by atoms with van der Waals surface area (Å²) < 4.78 is 34.1. The highest BCUT2D eigenvalue weighted by atomic mass is 16.7. The van der Waals surface area contributed by atoms with E-state index in [4.69, 9.17) is 28.4 Å². The molecule has 1 spiro atoms. The van der Waals surface area contributed by atoms with E-state index in [0.29, 0.717) is 19.6 Å². The molecule has 0 aromatic heterocycles. The maximum Gasteiger partial charge on any atom is 0.320 e. The summed E-state index contributed by atoms with van der Waals surface area (Å²) in [6.45, 7) is 7.52. The molecule has 3 fully saturated rings. The Morgan fingerprint density at radius 3 is 2.53 bits per heavy atom. The van der Waals surface area contributed by atoms with Gasteiger partial charge in [-0.1, -0.05) is 11.6 Å². The molecule has 2 heterocycles. The van der Waals surface area contributed by atoms with Crippen molar-refractivity contribution in [2.24, 2.45) is 5.92 Å². The average Bonchev–Trinajstić information content (AvgIpc) is 3.62. The Hall–Kier alpha value is -1.03. The van der Waals surface area contributed by atoms with Gasteiger partial charge in [0.25, 0.3) is 0 Å². The lowest BCUT2D eigenvalue weighted by atomic mass is 9.68. The van der Waals surface area contributed by atoms with E-state index in [1.165, 1.54) is 5.57 Å². The van der Waals surface area contributed by atoms with Crippen LogP contribution in [0.4, 0.5) is 0 Å². The lowest BCUT2D eigenvalue weighted by molar-refractivity contribution is -0.171. The molecule has 6 atom stereocenters. The van der Waals surface area contributed by atoms with Gasteiger partial charge in [0.2, 0.25) is 0 Å². The summed E-state index contributed by atoms with van der Waals surface area (Å²) in [7, 11) is 4.79. The van der Waals surface area contributed by atoms with Crippen LogP contribution in [-0.4, -0.2) is 82.8 Å². The first kappa shape index (κ1) is 23.6. The van der Waals surface area contributed by atoms with Crippen LogP contribution in [0.2, 0.25) is 0 Å². The molecule has 0 radical (unpaired) electrons. The van der Waals surface area contributed by atoms with Gasteiger partial charge in [0, 0.05) is 27.9 Å². The number of esters is 1. The van der Waals surface area contributed by atoms with Gasteiger partial charge >= 0.3 is 5.97 Å². The van der Waals surface area contributed by atoms with Gasteiger partial charge in [-0.05, 0) is 40.0 Å². The molecule has 3 rings (SSSR count). The molecule has 1 aliphatic carbocycles. The molecule has 8 heteroatoms. The number of epoxide rings is 2. The molecule has 0 aromatic rings. The Morgan fingerprint density at radius 2 is 1.97 bits per heavy atom. The van der Waals surface area contributed by atoms with Crippen molar-refractivity contribution in [3.05, 3.63) is 11.6 Å². The fraction of sp³-hybridized carbons (Fsp3) is 0.864. The van der Waals surface area contributed by atoms with Crippen molar-refractivity contribution in [1.82, 2.24) is 5.32 Å². The van der Waals surface area contributed by atoms with Crippen molar-refractivity contribution in [2.75, 3.05) is 41.0 Å². The zero-order chi connectivity index (χ0) is 21.9. The molecule has 3 aliphatic rings. The van der Waals surface area contributed by atoms with Gasteiger partial charge in [0.1, 0.15) is 23.4 Å². The summed E-state index contributed by atoms with van der Waals surface area (Å²) in [6.07, 6.45) is 3.77. The Bertz CT molecular complexity index is 627. The number of hydrogen-bond donors (Lipinski definition) is 1. The summed E-state index contributed by atoms with van der Waals surface area (Å²) >= 11 is 0. The number of carbonyl (C=O) groups is 1. The number of carbonyl (C=O) groups excluding carboxylic acids is 1. The number of hydrogen-bond acceptors (Lipinski definition) is 8. The van der Waals surface area contributed by atoms with Gasteiger partial charge in [-0.3, -0.25) is 4.79 Å². The highest BCUT2D eigenvalue weighted by Gasteiger charge is 2.72. The number of rotatable bonds is 11. The molecule has 0 amide bonds. The lowest BCUT2D eigenvalue weighted by Crippen LogP contribution is -2.56. The zero-order valence-corrected chi connectivity index (χ0v) is 19.1. The number of methoxy groups -OCH3 is 3. The normalized spacial score (nSPS) is 37.3. The molecule has 30 heavy (non-hydrogen) atoms. The minimum atomic E-state index is -0.403. The summed E-state index contributed by atoms with van der Waals surface area (Å²) in [4.78, 5) is 12.4. The SMILES string of the molecule is COC(CNCC(=O)O[C@@H]1CC[C@]2(CO2)[C@@H]([C@@]2(C)OC2CC=C(C)C)[C@@H]1OC)OC. The maximum atomic E-state index is 12.4. The van der Waals surface area contributed by atoms with Gasteiger partial charge in [-0.15, -0.1) is 0 Å². The third kappa shape index (κ3) is 5.06. The first-order valence-corrected chi connectivity index (χ1v) is 10.7. The van der Waals surface area contributed by atoms with Gasteiger partial charge in [-0.2, -0.15) is 0 Å². The Labute approximate surface area is 179 Å². The third-order valence-electron chi connectivity index (χ3n) is 6.63. The van der Waals surface area contributed by atoms with Crippen LogP contribution >= 0.6 is 0 Å². The second-order valence-electron chi connectivity index (χ2n) is 8.94. The van der Waals surface area contributed by atoms with Gasteiger partial charge in [-0.25, -0.2) is 0 Å². The van der Waals surface area contributed by atoms with Gasteiger partial charge in [0.05, 0.1) is 25.2 Å². The van der Waals surface area contributed by atoms with E-state index >= 15 is 0 Å². The lowest BCUT2D eigenvalue weighted by Gasteiger charge is -2.42. The summed E-state index contributed by atoms with van der Waals surface area (Å²) in [5.74, 6) is -0.293. The molecule has 8 nitrogen and oxygen atoms in total. The van der Waals surface area contributed by atoms with E-state index in [0.717, 1.165) is 12.8 Å². The molecule has 2 saturated heterocycles. The Balaban J connectivity index is 1.61. The topological polar surface area (TPSA) is 91.1 Å². The predicted molar refractivity (Wildman–Crippen MR) is 110 cm³/mol. The summed E-state index contributed by atoms with van der Waals surface area (Å²) in [6, 6.07) is 0. The molecule has 1 saturated carbocycles. The monoisotopic (exact) mass is 427 g/mol. The smallest absolute Gasteiger partial charge is 0.320 e. The molecule has 172 valence electrons. The Kier molecular flexibility index (Phi) is 7.58. The van der Waals surface area contributed by atoms with Crippen LogP contribution in [0.25, 0.3) is 0 Å². The van der Waals surface area contributed by atoms with Crippen molar-refractivity contribution >= 4 is 5.97 Å². The van der Waals surface area contributed by atoms with Crippen LogP contribution in [0.1, 0.15) is 40.0 Å². The van der Waals surface area contributed by atoms with E-state index in [-0.39, 0.29) is 47.9 Å². The van der Waals surface area contributed by atoms with Crippen LogP contribution in [0.5, 0.6) is 0 Å². The first-order chi connectivity index (χ1) is 14.3. The second kappa shape index (κ2) is 9.63. The molecular weight excluding hydrogens is 390 g/mol. The molecule has 2 aliphatic heterocycles. The number of ether oxygens (including phenoxy) is 6. The molecule has 1 N–H and O–H groups in total. The quantitative estimate of drug-likeness (QED) is 0.231. The van der Waals surface area contributed by atoms with Crippen LogP contribution in [-0.2, 0) is 33.2 Å². The third-order valence-corrected chi connectivity index (χ3v) is 6.63. The van der Waals surface area contributed by atoms with Crippen LogP contribution in [0.15, 0.2) is 11.6 Å². The van der Waals surface area contributed by atoms with Crippen molar-refractivity contribution < 1.29 is 33.2 Å². The van der Waals surface area contributed by atoms with Crippen LogP contribution in [0, 0.1) is 5.92 Å². The largest absolute Gasteiger partial charge is 0.459 e. The van der Waals surface area contributed by atoms with Crippen molar-refractivity contribution in [2.45, 2.75) is 75.8 Å². The molecule has 0 bridgehead atoms. The molecular formula is C22H37NO7. The standard InChI is InChI=1S/C22H37NO7/c1-14(2)7-8-16-21(3,30-16)20-19(27-6)15(9-10-22(20)13-28-22)29-17(24)11-23-12-18(25-4)26-5/h7,15-16,18-20,23H,8-13H2,1-6H3/t15-,16?,19-,20-,21+,22+/m1/s1. The van der Waals surface area contributed by atoms with E-state index in [2.05, 4.69) is 32.2 Å².